The molecule has 0 saturated heterocycles. The molecule has 0 spiro atoms. The summed E-state index contributed by atoms with van der Waals surface area (Å²) < 4.78 is 6.98. The number of para-hydroxylation sites is 1. The van der Waals surface area contributed by atoms with E-state index in [1.54, 1.807) is 34.5 Å². The van der Waals surface area contributed by atoms with Crippen LogP contribution in [0.25, 0.3) is 5.13 Å². The van der Waals surface area contributed by atoms with Crippen molar-refractivity contribution in [3.05, 3.63) is 59.1 Å². The molecule has 11 nitrogen and oxygen atoms in total. The number of carboxylic acid groups (broad SMARTS) is 1. The summed E-state index contributed by atoms with van der Waals surface area (Å²) in [5, 5.41) is 36.5. The van der Waals surface area contributed by atoms with Crippen LogP contribution in [0.2, 0.25) is 0 Å². The van der Waals surface area contributed by atoms with Gasteiger partial charge in [-0.2, -0.15) is 0 Å². The molecular weight excluding hydrogens is 413 g/mol. The smallest absolute Gasteiger partial charge is 0.534 e. The highest BCUT2D eigenvalue weighted by Crippen LogP contribution is 2.30. The molecule has 1 aliphatic heterocycles. The molecule has 1 aliphatic rings. The Morgan fingerprint density at radius 1 is 1.40 bits per heavy atom. The number of aromatic nitrogens is 3. The normalized spacial score (nSPS) is 16.0. The molecule has 4 rings (SSSR count). The number of carbonyl (C=O) groups excluding carboxylic acids is 1. The van der Waals surface area contributed by atoms with Crippen LogP contribution in [-0.2, 0) is 11.2 Å². The van der Waals surface area contributed by atoms with Gasteiger partial charge in [0.25, 0.3) is 5.91 Å². The molecule has 152 valence electrons. The number of thiazole rings is 1. The van der Waals surface area contributed by atoms with Gasteiger partial charge in [-0.05, 0) is 18.1 Å². The largest absolute Gasteiger partial charge is 0.547 e. The molecule has 30 heavy (non-hydrogen) atoms. The van der Waals surface area contributed by atoms with E-state index >= 15 is 0 Å². The molecular formula is C17H14BN5O6S. The maximum atomic E-state index is 12.7. The Bertz CT molecular complexity index is 1130. The fourth-order valence-corrected chi connectivity index (χ4v) is 3.79. The summed E-state index contributed by atoms with van der Waals surface area (Å²) in [4.78, 5) is 32.2. The number of nitrogens with zero attached hydrogens (tertiary/aromatic N) is 4. The fourth-order valence-electron chi connectivity index (χ4n) is 3.03. The molecule has 4 N–H and O–H groups in total. The molecule has 2 aromatic heterocycles. The molecule has 0 fully saturated rings. The summed E-state index contributed by atoms with van der Waals surface area (Å²) in [6.07, 6.45) is 4.92. The first-order valence-electron chi connectivity index (χ1n) is 8.65. The first kappa shape index (κ1) is 19.6. The molecule has 1 aromatic carbocycles. The molecule has 1 atom stereocenters. The minimum absolute atomic E-state index is 0.0588. The van der Waals surface area contributed by atoms with E-state index in [1.807, 2.05) is 0 Å². The fraction of sp³-hybridized carbons (Fsp3) is 0.118. The average Bonchev–Trinajstić information content (AvgIpc) is 3.40. The van der Waals surface area contributed by atoms with Crippen molar-refractivity contribution in [1.82, 2.24) is 19.9 Å². The zero-order valence-corrected chi connectivity index (χ0v) is 16.0. The van der Waals surface area contributed by atoms with E-state index in [1.165, 1.54) is 23.7 Å². The second-order valence-corrected chi connectivity index (χ2v) is 7.16. The number of oxime groups is 1. The minimum Gasteiger partial charge on any atom is -0.534 e. The Labute approximate surface area is 173 Å². The van der Waals surface area contributed by atoms with Crippen LogP contribution in [0.1, 0.15) is 21.6 Å². The minimum atomic E-state index is -1.49. The van der Waals surface area contributed by atoms with Crippen molar-refractivity contribution in [2.24, 2.45) is 5.16 Å². The standard InChI is InChI=1S/C17H14BN5O6S/c24-15(13(22-28)11-7-30-17(20-11)23-5-4-19-8-23)21-12-6-9-2-1-3-10(16(25)26)14(9)29-18(12)27/h1-5,7-8,12,27-28H,6H2,(H,21,24)(H,25,26)/b22-13-/t12-/m0/s1. The van der Waals surface area contributed by atoms with Gasteiger partial charge in [-0.1, -0.05) is 17.3 Å². The molecule has 3 heterocycles. The van der Waals surface area contributed by atoms with Crippen LogP contribution in [0.15, 0.2) is 47.5 Å². The molecule has 1 amide bonds. The lowest BCUT2D eigenvalue weighted by Crippen LogP contribution is -2.54. The summed E-state index contributed by atoms with van der Waals surface area (Å²) in [7, 11) is -1.49. The SMILES string of the molecule is O=C(N[C@H]1Cc2cccc(C(=O)O)c2OB1O)/C(=N\O)c1csc(-n2ccnc2)n1. The van der Waals surface area contributed by atoms with Gasteiger partial charge in [0.05, 0.1) is 11.5 Å². The van der Waals surface area contributed by atoms with Crippen LogP contribution >= 0.6 is 11.3 Å². The summed E-state index contributed by atoms with van der Waals surface area (Å²) in [6.45, 7) is 0. The highest BCUT2D eigenvalue weighted by Gasteiger charge is 2.38. The first-order valence-corrected chi connectivity index (χ1v) is 9.53. The Kier molecular flexibility index (Phi) is 5.21. The lowest BCUT2D eigenvalue weighted by Gasteiger charge is -2.28. The highest BCUT2D eigenvalue weighted by atomic mass is 32.1. The van der Waals surface area contributed by atoms with E-state index in [9.17, 15) is 24.9 Å². The topological polar surface area (TPSA) is 159 Å². The van der Waals surface area contributed by atoms with Crippen molar-refractivity contribution in [3.8, 4) is 10.9 Å². The van der Waals surface area contributed by atoms with Crippen LogP contribution in [-0.4, -0.2) is 60.5 Å². The zero-order valence-electron chi connectivity index (χ0n) is 15.2. The van der Waals surface area contributed by atoms with E-state index in [0.29, 0.717) is 10.7 Å². The number of hydrogen-bond donors (Lipinski definition) is 4. The van der Waals surface area contributed by atoms with Gasteiger partial charge in [0, 0.05) is 17.8 Å². The third-order valence-electron chi connectivity index (χ3n) is 4.44. The van der Waals surface area contributed by atoms with Crippen LogP contribution in [0.4, 0.5) is 0 Å². The molecule has 0 bridgehead atoms. The van der Waals surface area contributed by atoms with Crippen LogP contribution < -0.4 is 9.97 Å². The van der Waals surface area contributed by atoms with Crippen molar-refractivity contribution < 1.29 is 29.6 Å². The van der Waals surface area contributed by atoms with E-state index in [4.69, 9.17) is 4.65 Å². The maximum Gasteiger partial charge on any atom is 0.547 e. The van der Waals surface area contributed by atoms with Gasteiger partial charge < -0.3 is 25.3 Å². The van der Waals surface area contributed by atoms with E-state index < -0.39 is 24.9 Å². The zero-order chi connectivity index (χ0) is 21.3. The van der Waals surface area contributed by atoms with Crippen molar-refractivity contribution in [3.63, 3.8) is 0 Å². The molecule has 3 aromatic rings. The lowest BCUT2D eigenvalue weighted by molar-refractivity contribution is -0.115. The van der Waals surface area contributed by atoms with Crippen molar-refractivity contribution in [2.75, 3.05) is 0 Å². The maximum absolute atomic E-state index is 12.7. The van der Waals surface area contributed by atoms with Crippen LogP contribution in [0.3, 0.4) is 0 Å². The Morgan fingerprint density at radius 2 is 2.23 bits per heavy atom. The summed E-state index contributed by atoms with van der Waals surface area (Å²) >= 11 is 1.22. The first-order chi connectivity index (χ1) is 14.5. The van der Waals surface area contributed by atoms with Gasteiger partial charge in [-0.25, -0.2) is 14.8 Å². The Morgan fingerprint density at radius 3 is 2.93 bits per heavy atom. The van der Waals surface area contributed by atoms with E-state index in [-0.39, 0.29) is 29.1 Å². The van der Waals surface area contributed by atoms with Crippen LogP contribution in [0, 0.1) is 0 Å². The van der Waals surface area contributed by atoms with Crippen LogP contribution in [0.5, 0.6) is 5.75 Å². The number of rotatable bonds is 5. The van der Waals surface area contributed by atoms with Gasteiger partial charge in [-0.3, -0.25) is 9.36 Å². The second kappa shape index (κ2) is 7.97. The molecule has 0 radical (unpaired) electrons. The number of carboxylic acids is 1. The second-order valence-electron chi connectivity index (χ2n) is 6.33. The Hall–Kier alpha value is -3.71. The predicted molar refractivity (Wildman–Crippen MR) is 105 cm³/mol. The third kappa shape index (κ3) is 3.63. The highest BCUT2D eigenvalue weighted by molar-refractivity contribution is 7.12. The molecule has 0 saturated carbocycles. The molecule has 0 aliphatic carbocycles. The van der Waals surface area contributed by atoms with Gasteiger partial charge >= 0.3 is 13.1 Å². The van der Waals surface area contributed by atoms with E-state index in [2.05, 4.69) is 20.4 Å². The number of aromatic carboxylic acids is 1. The number of benzene rings is 1. The number of hydrogen-bond acceptors (Lipinski definition) is 9. The number of nitrogens with one attached hydrogen (secondary N) is 1. The van der Waals surface area contributed by atoms with Crippen molar-refractivity contribution in [2.45, 2.75) is 12.4 Å². The van der Waals surface area contributed by atoms with Gasteiger partial charge in [0.15, 0.2) is 10.8 Å². The van der Waals surface area contributed by atoms with Gasteiger partial charge in [0.2, 0.25) is 0 Å². The summed E-state index contributed by atoms with van der Waals surface area (Å²) in [5.74, 6) is -2.79. The lowest BCUT2D eigenvalue weighted by atomic mass is 9.72. The van der Waals surface area contributed by atoms with Crippen molar-refractivity contribution in [1.29, 1.82) is 0 Å². The number of amides is 1. The number of imidazole rings is 1. The Balaban J connectivity index is 1.52. The van der Waals surface area contributed by atoms with E-state index in [0.717, 1.165) is 0 Å². The average molecular weight is 427 g/mol. The predicted octanol–water partition coefficient (Wildman–Crippen LogP) is 0.345. The van der Waals surface area contributed by atoms with Crippen molar-refractivity contribution >= 4 is 36.0 Å². The number of fused-ring (bicyclic) bond motifs is 1. The monoisotopic (exact) mass is 427 g/mol. The van der Waals surface area contributed by atoms with Gasteiger partial charge in [-0.15, -0.1) is 11.3 Å². The summed E-state index contributed by atoms with van der Waals surface area (Å²) in [5.41, 5.74) is 0.242. The van der Waals surface area contributed by atoms with Gasteiger partial charge in [0.1, 0.15) is 17.8 Å². The summed E-state index contributed by atoms with van der Waals surface area (Å²) in [6, 6.07) is 4.56. The number of carbonyl (C=O) groups is 2. The quantitative estimate of drug-likeness (QED) is 0.196. The molecule has 0 unspecified atom stereocenters. The third-order valence-corrected chi connectivity index (χ3v) is 5.30. The molecule has 13 heteroatoms.